The average Bonchev–Trinajstić information content (AvgIpc) is 4.10. The summed E-state index contributed by atoms with van der Waals surface area (Å²) in [6.07, 6.45) is 15.6. The van der Waals surface area contributed by atoms with Gasteiger partial charge in [-0.25, -0.2) is 8.42 Å². The summed E-state index contributed by atoms with van der Waals surface area (Å²) in [5.41, 5.74) is 1.47. The van der Waals surface area contributed by atoms with Crippen LogP contribution in [0.15, 0.2) is 47.5 Å². The first-order chi connectivity index (χ1) is 34.0. The summed E-state index contributed by atoms with van der Waals surface area (Å²) in [5.74, 6) is 2.14. The molecule has 0 radical (unpaired) electrons. The van der Waals surface area contributed by atoms with Crippen LogP contribution in [0.1, 0.15) is 129 Å². The second-order valence-corrected chi connectivity index (χ2v) is 25.5. The zero-order chi connectivity index (χ0) is 50.2. The van der Waals surface area contributed by atoms with E-state index in [0.29, 0.717) is 47.1 Å². The summed E-state index contributed by atoms with van der Waals surface area (Å²) in [7, 11) is -1.68. The van der Waals surface area contributed by atoms with Crippen LogP contribution in [0.3, 0.4) is 0 Å². The number of amides is 2. The van der Waals surface area contributed by atoms with Crippen molar-refractivity contribution in [2.45, 2.75) is 166 Å². The SMILES string of the molecule is CCS(=O)(=O)c1ccc(OC(CCCCOC2CCN(C3NCC(C(=O)NC4C(C)(C)C(Oc5ccc(C#N)c(Cl)c5)C4(C)C)C(C4CCCCC4)N3)CC2)C2CC2)c(C2=CN(C)C(=O)C3NCCC23)c1. The number of halogens is 1. The van der Waals surface area contributed by atoms with Crippen LogP contribution >= 0.6 is 11.6 Å². The highest BCUT2D eigenvalue weighted by Gasteiger charge is 2.64. The molecule has 0 bridgehead atoms. The topological polar surface area (TPSA) is 174 Å². The predicted molar refractivity (Wildman–Crippen MR) is 275 cm³/mol. The van der Waals surface area contributed by atoms with Crippen molar-refractivity contribution < 1.29 is 32.2 Å². The summed E-state index contributed by atoms with van der Waals surface area (Å²) in [5, 5.41) is 24.3. The molecule has 0 aromatic heterocycles. The fourth-order valence-corrected chi connectivity index (χ4v) is 14.5. The first-order valence-corrected chi connectivity index (χ1v) is 28.8. The number of fused-ring (bicyclic) bond motifs is 1. The molecule has 7 aliphatic rings. The van der Waals surface area contributed by atoms with Crippen LogP contribution in [0.4, 0.5) is 0 Å². The van der Waals surface area contributed by atoms with E-state index in [1.165, 1.54) is 19.3 Å². The van der Waals surface area contributed by atoms with Gasteiger partial charge in [-0.2, -0.15) is 5.26 Å². The Bertz CT molecular complexity index is 2430. The third-order valence-corrected chi connectivity index (χ3v) is 19.4. The normalized spacial score (nSPS) is 29.6. The lowest BCUT2D eigenvalue weighted by Crippen LogP contribution is -2.76. The number of rotatable bonds is 18. The summed E-state index contributed by atoms with van der Waals surface area (Å²) in [6.45, 7) is 14.2. The van der Waals surface area contributed by atoms with Crippen LogP contribution in [0.25, 0.3) is 5.57 Å². The lowest BCUT2D eigenvalue weighted by molar-refractivity contribution is -0.175. The number of ether oxygens (including phenoxy) is 3. The van der Waals surface area contributed by atoms with E-state index in [1.54, 1.807) is 49.2 Å². The molecule has 4 N–H and O–H groups in total. The number of carbonyl (C=O) groups excluding carboxylic acids is 2. The number of piperidine rings is 1. The van der Waals surface area contributed by atoms with E-state index in [9.17, 15) is 23.3 Å². The second-order valence-electron chi connectivity index (χ2n) is 22.9. The number of carbonyl (C=O) groups is 2. The molecule has 6 fully saturated rings. The van der Waals surface area contributed by atoms with E-state index in [2.05, 4.69) is 59.9 Å². The maximum Gasteiger partial charge on any atom is 0.244 e. The molecule has 3 saturated carbocycles. The molecular formula is C55H78ClN7O7S. The maximum atomic E-state index is 14.5. The monoisotopic (exact) mass is 1020 g/mol. The van der Waals surface area contributed by atoms with Crippen molar-refractivity contribution in [2.75, 3.05) is 45.6 Å². The Balaban J connectivity index is 0.757. The molecule has 2 aromatic carbocycles. The quantitative estimate of drug-likeness (QED) is 0.108. The van der Waals surface area contributed by atoms with Crippen LogP contribution in [0, 0.1) is 45.8 Å². The van der Waals surface area contributed by atoms with Crippen LogP contribution in [0.2, 0.25) is 5.02 Å². The summed E-state index contributed by atoms with van der Waals surface area (Å²) in [6, 6.07) is 12.2. The molecule has 4 aliphatic heterocycles. The Hall–Kier alpha value is -3.75. The van der Waals surface area contributed by atoms with Crippen LogP contribution in [-0.2, 0) is 24.2 Å². The largest absolute Gasteiger partial charge is 0.490 e. The van der Waals surface area contributed by atoms with Crippen molar-refractivity contribution >= 4 is 38.8 Å². The number of likely N-dealkylation sites (tertiary alicyclic amines) is 1. The third-order valence-electron chi connectivity index (χ3n) is 17.3. The molecule has 3 aliphatic carbocycles. The lowest BCUT2D eigenvalue weighted by Gasteiger charge is -2.63. The van der Waals surface area contributed by atoms with E-state index in [-0.39, 0.29) is 87.9 Å². The summed E-state index contributed by atoms with van der Waals surface area (Å²) in [4.78, 5) is 31.9. The van der Waals surface area contributed by atoms with Gasteiger partial charge in [0.05, 0.1) is 39.3 Å². The van der Waals surface area contributed by atoms with E-state index >= 15 is 0 Å². The molecule has 2 amide bonds. The smallest absolute Gasteiger partial charge is 0.244 e. The van der Waals surface area contributed by atoms with E-state index in [0.717, 1.165) is 95.0 Å². The molecule has 71 heavy (non-hydrogen) atoms. The number of nitriles is 1. The highest BCUT2D eigenvalue weighted by atomic mass is 35.5. The molecule has 16 heteroatoms. The van der Waals surface area contributed by atoms with Gasteiger partial charge in [0.2, 0.25) is 11.8 Å². The molecule has 388 valence electrons. The molecule has 14 nitrogen and oxygen atoms in total. The van der Waals surface area contributed by atoms with Gasteiger partial charge in [0.15, 0.2) is 9.84 Å². The van der Waals surface area contributed by atoms with E-state index in [1.807, 2.05) is 12.3 Å². The molecule has 6 atom stereocenters. The average molecular weight is 1020 g/mol. The minimum atomic E-state index is -3.45. The number of nitrogens with one attached hydrogen (secondary N) is 4. The van der Waals surface area contributed by atoms with Crippen molar-refractivity contribution in [1.29, 1.82) is 5.26 Å². The second kappa shape index (κ2) is 21.6. The van der Waals surface area contributed by atoms with Gasteiger partial charge in [-0.3, -0.25) is 25.1 Å². The minimum Gasteiger partial charge on any atom is -0.490 e. The lowest BCUT2D eigenvalue weighted by atomic mass is 9.49. The Kier molecular flexibility index (Phi) is 15.9. The predicted octanol–water partition coefficient (Wildman–Crippen LogP) is 7.64. The number of nitrogens with zero attached hydrogens (tertiary/aromatic N) is 3. The van der Waals surface area contributed by atoms with Gasteiger partial charge < -0.3 is 29.7 Å². The molecule has 0 spiro atoms. The minimum absolute atomic E-state index is 0.00160. The molecular weight excluding hydrogens is 938 g/mol. The molecule has 6 unspecified atom stereocenters. The van der Waals surface area contributed by atoms with Crippen LogP contribution < -0.4 is 30.7 Å². The molecule has 3 saturated heterocycles. The number of likely N-dealkylation sites (N-methyl/N-ethyl adjacent to an activating group) is 1. The van der Waals surface area contributed by atoms with Crippen molar-refractivity contribution in [3.8, 4) is 17.6 Å². The zero-order valence-corrected chi connectivity index (χ0v) is 44.4. The number of sulfone groups is 1. The standard InChI is InChI=1S/C55H78ClN7O7S/c1-7-71(66,67)39-20-21-46(41(30-39)43-33-62(6)50(65)48-40(43)22-25-58-48)70-45(34-16-17-34)15-11-12-28-68-37-23-26-63(27-24-37)53-59-32-42(47(60-53)35-13-9-8-10-14-35)49(64)61-51-54(2,3)52(55(51,4)5)69-38-19-18-36(31-57)44(56)29-38/h18-21,29-30,33-35,37,40,42,45,47-48,51-53,58-60H,7-17,22-28,32H2,1-6H3,(H,61,64). The van der Waals surface area contributed by atoms with Crippen molar-refractivity contribution in [1.82, 2.24) is 31.1 Å². The van der Waals surface area contributed by atoms with Gasteiger partial charge in [-0.05, 0) is 118 Å². The number of hydrogen-bond acceptors (Lipinski definition) is 12. The summed E-state index contributed by atoms with van der Waals surface area (Å²) < 4.78 is 46.1. The fraction of sp³-hybridized carbons (Fsp3) is 0.691. The fourth-order valence-electron chi connectivity index (χ4n) is 13.4. The Labute approximate surface area is 427 Å². The number of unbranched alkanes of at least 4 members (excludes halogenated alkanes) is 1. The van der Waals surface area contributed by atoms with Gasteiger partial charge in [-0.1, -0.05) is 65.5 Å². The Morgan fingerprint density at radius 3 is 2.41 bits per heavy atom. The van der Waals surface area contributed by atoms with Crippen LogP contribution in [0.5, 0.6) is 11.5 Å². The summed E-state index contributed by atoms with van der Waals surface area (Å²) >= 11 is 6.35. The molecule has 4 heterocycles. The van der Waals surface area contributed by atoms with Gasteiger partial charge >= 0.3 is 0 Å². The van der Waals surface area contributed by atoms with Crippen molar-refractivity contribution in [2.24, 2.45) is 34.5 Å². The van der Waals surface area contributed by atoms with Gasteiger partial charge in [0.25, 0.3) is 0 Å². The Morgan fingerprint density at radius 2 is 1.72 bits per heavy atom. The first kappa shape index (κ1) is 52.1. The van der Waals surface area contributed by atoms with Gasteiger partial charge in [-0.15, -0.1) is 0 Å². The number of hydrogen-bond donors (Lipinski definition) is 4. The maximum absolute atomic E-state index is 14.5. The molecule has 9 rings (SSSR count). The van der Waals surface area contributed by atoms with Crippen molar-refractivity contribution in [3.05, 3.63) is 58.7 Å². The number of benzene rings is 2. The van der Waals surface area contributed by atoms with E-state index < -0.39 is 9.84 Å². The third kappa shape index (κ3) is 11.1. The Morgan fingerprint density at radius 1 is 0.972 bits per heavy atom. The highest BCUT2D eigenvalue weighted by molar-refractivity contribution is 7.91. The van der Waals surface area contributed by atoms with Gasteiger partial charge in [0.1, 0.15) is 36.1 Å². The highest BCUT2D eigenvalue weighted by Crippen LogP contribution is 2.56. The zero-order valence-electron chi connectivity index (χ0n) is 42.8. The van der Waals surface area contributed by atoms with E-state index in [4.69, 9.17) is 25.8 Å². The van der Waals surface area contributed by atoms with Crippen LogP contribution in [-0.4, -0.2) is 118 Å². The molecule has 2 aromatic rings. The van der Waals surface area contributed by atoms with Crippen molar-refractivity contribution in [3.63, 3.8) is 0 Å². The van der Waals surface area contributed by atoms with Gasteiger partial charge in [0, 0.05) is 80.0 Å². The first-order valence-electron chi connectivity index (χ1n) is 26.8.